The predicted octanol–water partition coefficient (Wildman–Crippen LogP) is 4.90. The number of halogens is 3. The van der Waals surface area contributed by atoms with Gasteiger partial charge in [0.05, 0.1) is 36.4 Å². The first-order valence-corrected chi connectivity index (χ1v) is 12.6. The minimum Gasteiger partial charge on any atom is -0.493 e. The van der Waals surface area contributed by atoms with Crippen LogP contribution in [0.4, 0.5) is 5.69 Å². The molecular weight excluding hydrogens is 509 g/mol. The molecule has 2 aliphatic rings. The summed E-state index contributed by atoms with van der Waals surface area (Å²) in [5.41, 5.74) is 9.59. The van der Waals surface area contributed by atoms with E-state index in [1.165, 1.54) is 5.56 Å². The van der Waals surface area contributed by atoms with Crippen molar-refractivity contribution in [3.8, 4) is 11.5 Å². The first kappa shape index (κ1) is 27.7. The molecule has 35 heavy (non-hydrogen) atoms. The lowest BCUT2D eigenvalue weighted by molar-refractivity contribution is -0.131. The van der Waals surface area contributed by atoms with Gasteiger partial charge in [-0.2, -0.15) is 0 Å². The van der Waals surface area contributed by atoms with E-state index in [4.69, 9.17) is 38.4 Å². The van der Waals surface area contributed by atoms with E-state index in [1.54, 1.807) is 14.2 Å². The van der Waals surface area contributed by atoms with Crippen LogP contribution in [0.15, 0.2) is 24.3 Å². The van der Waals surface area contributed by atoms with Crippen molar-refractivity contribution in [1.29, 1.82) is 0 Å². The van der Waals surface area contributed by atoms with E-state index < -0.39 is 0 Å². The van der Waals surface area contributed by atoms with E-state index in [0.29, 0.717) is 39.6 Å². The predicted molar refractivity (Wildman–Crippen MR) is 145 cm³/mol. The summed E-state index contributed by atoms with van der Waals surface area (Å²) in [6.07, 6.45) is 4.40. The van der Waals surface area contributed by atoms with Crippen LogP contribution >= 0.6 is 35.6 Å². The van der Waals surface area contributed by atoms with Crippen molar-refractivity contribution in [2.75, 3.05) is 52.7 Å². The number of anilines is 1. The van der Waals surface area contributed by atoms with Crippen molar-refractivity contribution in [1.82, 2.24) is 9.80 Å². The lowest BCUT2D eigenvalue weighted by Gasteiger charge is -2.35. The fraction of sp³-hybridized carbons (Fsp3) is 0.500. The lowest BCUT2D eigenvalue weighted by Crippen LogP contribution is -2.44. The second kappa shape index (κ2) is 12.4. The number of hydrogen-bond acceptors (Lipinski definition) is 5. The largest absolute Gasteiger partial charge is 0.493 e. The first-order valence-electron chi connectivity index (χ1n) is 11.8. The summed E-state index contributed by atoms with van der Waals surface area (Å²) in [6, 6.07) is 7.78. The van der Waals surface area contributed by atoms with E-state index in [-0.39, 0.29) is 18.3 Å². The Morgan fingerprint density at radius 3 is 2.34 bits per heavy atom. The molecule has 4 rings (SSSR count). The Bertz CT molecular complexity index is 1030. The van der Waals surface area contributed by atoms with Crippen molar-refractivity contribution in [3.63, 3.8) is 0 Å². The number of nitrogens with two attached hydrogens (primary N) is 1. The fourth-order valence-corrected chi connectivity index (χ4v) is 5.62. The topological polar surface area (TPSA) is 68.0 Å². The molecule has 2 aromatic carbocycles. The average Bonchev–Trinajstić information content (AvgIpc) is 2.98. The Morgan fingerprint density at radius 1 is 1.03 bits per heavy atom. The van der Waals surface area contributed by atoms with Gasteiger partial charge in [-0.1, -0.05) is 23.2 Å². The SMILES string of the molecule is COc1cc2c(cc1OC)CC(=O)N(CC1CCCN(CCc3cc(Cl)c(N)c(Cl)c3)C1)CC2.Cl. The molecule has 192 valence electrons. The zero-order valence-electron chi connectivity index (χ0n) is 20.3. The summed E-state index contributed by atoms with van der Waals surface area (Å²) in [5, 5.41) is 1.02. The van der Waals surface area contributed by atoms with Crippen LogP contribution in [0.25, 0.3) is 0 Å². The summed E-state index contributed by atoms with van der Waals surface area (Å²) >= 11 is 12.4. The molecular formula is C26H34Cl3N3O3. The molecule has 2 aliphatic heterocycles. The van der Waals surface area contributed by atoms with Crippen molar-refractivity contribution in [3.05, 3.63) is 51.0 Å². The average molecular weight is 543 g/mol. The number of piperidine rings is 1. The monoisotopic (exact) mass is 541 g/mol. The maximum absolute atomic E-state index is 13.1. The number of fused-ring (bicyclic) bond motifs is 1. The maximum atomic E-state index is 13.1. The molecule has 0 radical (unpaired) electrons. The maximum Gasteiger partial charge on any atom is 0.227 e. The molecule has 2 heterocycles. The molecule has 9 heteroatoms. The zero-order chi connectivity index (χ0) is 24.2. The number of methoxy groups -OCH3 is 2. The molecule has 1 atom stereocenters. The highest BCUT2D eigenvalue weighted by Gasteiger charge is 2.27. The van der Waals surface area contributed by atoms with Gasteiger partial charge < -0.3 is 25.0 Å². The van der Waals surface area contributed by atoms with Gasteiger partial charge in [-0.15, -0.1) is 12.4 Å². The summed E-state index contributed by atoms with van der Waals surface area (Å²) in [7, 11) is 3.27. The Kier molecular flexibility index (Phi) is 9.82. The third-order valence-electron chi connectivity index (χ3n) is 6.99. The normalized spacial score (nSPS) is 18.5. The number of amides is 1. The van der Waals surface area contributed by atoms with Gasteiger partial charge in [-0.05, 0) is 79.1 Å². The number of carbonyl (C=O) groups excluding carboxylic acids is 1. The van der Waals surface area contributed by atoms with E-state index >= 15 is 0 Å². The molecule has 0 aliphatic carbocycles. The van der Waals surface area contributed by atoms with Gasteiger partial charge in [-0.25, -0.2) is 0 Å². The highest BCUT2D eigenvalue weighted by atomic mass is 35.5. The standard InChI is InChI=1S/C26H33Cl2N3O3.ClH/c1-33-23-12-19-6-9-31(25(32)14-20(19)13-24(23)34-2)16-18-4-3-7-30(15-18)8-5-17-10-21(27)26(29)22(28)11-17;/h10-13,18H,3-9,14-16,29H2,1-2H3;1H. The zero-order valence-corrected chi connectivity index (χ0v) is 22.6. The van der Waals surface area contributed by atoms with Crippen molar-refractivity contribution in [2.24, 2.45) is 5.92 Å². The fourth-order valence-electron chi connectivity index (χ4n) is 5.09. The molecule has 6 nitrogen and oxygen atoms in total. The van der Waals surface area contributed by atoms with Gasteiger partial charge in [0, 0.05) is 26.2 Å². The highest BCUT2D eigenvalue weighted by molar-refractivity contribution is 6.38. The van der Waals surface area contributed by atoms with Gasteiger partial charge >= 0.3 is 0 Å². The van der Waals surface area contributed by atoms with E-state index in [9.17, 15) is 4.79 Å². The number of benzene rings is 2. The van der Waals surface area contributed by atoms with Crippen LogP contribution in [-0.4, -0.2) is 62.7 Å². The van der Waals surface area contributed by atoms with E-state index in [1.807, 2.05) is 29.2 Å². The van der Waals surface area contributed by atoms with Crippen LogP contribution in [0.5, 0.6) is 11.5 Å². The number of hydrogen-bond donors (Lipinski definition) is 1. The number of carbonyl (C=O) groups is 1. The van der Waals surface area contributed by atoms with E-state index in [0.717, 1.165) is 69.5 Å². The number of ether oxygens (including phenoxy) is 2. The van der Waals surface area contributed by atoms with Gasteiger partial charge in [0.25, 0.3) is 0 Å². The number of likely N-dealkylation sites (tertiary alicyclic amines) is 1. The van der Waals surface area contributed by atoms with Crippen LogP contribution in [0.3, 0.4) is 0 Å². The van der Waals surface area contributed by atoms with Crippen molar-refractivity contribution < 1.29 is 14.3 Å². The van der Waals surface area contributed by atoms with Crippen LogP contribution in [0.2, 0.25) is 10.0 Å². The van der Waals surface area contributed by atoms with Gasteiger partial charge in [-0.3, -0.25) is 4.79 Å². The first-order chi connectivity index (χ1) is 16.4. The summed E-state index contributed by atoms with van der Waals surface area (Å²) < 4.78 is 10.9. The lowest BCUT2D eigenvalue weighted by atomic mass is 9.96. The Hall–Kier alpha value is -1.86. The Labute approximate surface area is 224 Å². The third-order valence-corrected chi connectivity index (χ3v) is 7.61. The Balaban J connectivity index is 0.00000342. The van der Waals surface area contributed by atoms with Crippen LogP contribution in [0.1, 0.15) is 29.5 Å². The van der Waals surface area contributed by atoms with Gasteiger partial charge in [0.1, 0.15) is 0 Å². The molecule has 0 aromatic heterocycles. The van der Waals surface area contributed by atoms with E-state index in [2.05, 4.69) is 4.90 Å². The molecule has 2 N–H and O–H groups in total. The summed E-state index contributed by atoms with van der Waals surface area (Å²) in [4.78, 5) is 17.6. The number of nitrogens with zero attached hydrogens (tertiary/aromatic N) is 2. The summed E-state index contributed by atoms with van der Waals surface area (Å²) in [6.45, 7) is 4.55. The molecule has 2 aromatic rings. The molecule has 1 unspecified atom stereocenters. The van der Waals surface area contributed by atoms with Crippen LogP contribution in [0, 0.1) is 5.92 Å². The molecule has 0 spiro atoms. The number of rotatable bonds is 7. The Morgan fingerprint density at radius 2 is 1.69 bits per heavy atom. The molecule has 1 fully saturated rings. The second-order valence-corrected chi connectivity index (χ2v) is 10.1. The van der Waals surface area contributed by atoms with Crippen LogP contribution < -0.4 is 15.2 Å². The summed E-state index contributed by atoms with van der Waals surface area (Å²) in [5.74, 6) is 2.05. The molecule has 0 saturated carbocycles. The van der Waals surface area contributed by atoms with Gasteiger partial charge in [0.2, 0.25) is 5.91 Å². The quantitative estimate of drug-likeness (QED) is 0.504. The molecule has 1 amide bonds. The van der Waals surface area contributed by atoms with Crippen molar-refractivity contribution >= 4 is 47.2 Å². The molecule has 1 saturated heterocycles. The minimum atomic E-state index is 0. The third kappa shape index (κ3) is 6.67. The van der Waals surface area contributed by atoms with Crippen LogP contribution in [-0.2, 0) is 24.1 Å². The highest BCUT2D eigenvalue weighted by Crippen LogP contribution is 2.33. The smallest absolute Gasteiger partial charge is 0.227 e. The number of nitrogen functional groups attached to an aromatic ring is 1. The minimum absolute atomic E-state index is 0. The van der Waals surface area contributed by atoms with Crippen molar-refractivity contribution in [2.45, 2.75) is 32.1 Å². The molecule has 0 bridgehead atoms. The van der Waals surface area contributed by atoms with Gasteiger partial charge in [0.15, 0.2) is 11.5 Å². The second-order valence-electron chi connectivity index (χ2n) is 9.27.